The molecule has 158 valence electrons. The highest BCUT2D eigenvalue weighted by molar-refractivity contribution is 7.99. The molecule has 0 aliphatic rings. The molecule has 0 amide bonds. The number of nitrogen functional groups attached to an aromatic ring is 1. The molecule has 11 heteroatoms. The molecule has 0 unspecified atom stereocenters. The molecule has 0 aliphatic heterocycles. The number of aromatic amines is 1. The first-order valence-electron chi connectivity index (χ1n) is 9.33. The number of nitrogens with one attached hydrogen (secondary N) is 1. The monoisotopic (exact) mass is 429 g/mol. The Morgan fingerprint density at radius 1 is 1.27 bits per heavy atom. The summed E-state index contributed by atoms with van der Waals surface area (Å²) in [7, 11) is 0. The molecule has 0 bridgehead atoms. The Bertz CT molecular complexity index is 1210. The number of thioether (sulfide) groups is 1. The molecule has 3 aromatic rings. The number of aryl methyl sites for hydroxylation is 2. The summed E-state index contributed by atoms with van der Waals surface area (Å²) in [6.45, 7) is 8.04. The molecular formula is C19H23N7O3S. The second-order valence-electron chi connectivity index (χ2n) is 7.40. The molecule has 0 saturated carbocycles. The lowest BCUT2D eigenvalue weighted by Crippen LogP contribution is -2.37. The highest BCUT2D eigenvalue weighted by Crippen LogP contribution is 2.22. The van der Waals surface area contributed by atoms with E-state index in [0.717, 1.165) is 28.6 Å². The number of hydrogen-bond acceptors (Lipinski definition) is 8. The number of nitrogens with two attached hydrogens (primary N) is 1. The molecule has 0 atom stereocenters. The van der Waals surface area contributed by atoms with Gasteiger partial charge in [0.1, 0.15) is 11.4 Å². The highest BCUT2D eigenvalue weighted by atomic mass is 32.2. The SMILES string of the molecule is Cc1ccc(-n2nnnc2SCC(=O)c2c(N)n(CC(C)C)c(=O)[nH]c2=O)c(C)c1. The van der Waals surface area contributed by atoms with E-state index in [0.29, 0.717) is 11.7 Å². The van der Waals surface area contributed by atoms with Gasteiger partial charge in [0.25, 0.3) is 5.56 Å². The highest BCUT2D eigenvalue weighted by Gasteiger charge is 2.21. The Morgan fingerprint density at radius 3 is 2.67 bits per heavy atom. The fourth-order valence-corrected chi connectivity index (χ4v) is 3.82. The number of tetrazole rings is 1. The van der Waals surface area contributed by atoms with E-state index in [9.17, 15) is 14.4 Å². The summed E-state index contributed by atoms with van der Waals surface area (Å²) < 4.78 is 2.75. The van der Waals surface area contributed by atoms with E-state index >= 15 is 0 Å². The largest absolute Gasteiger partial charge is 0.384 e. The first kappa shape index (κ1) is 21.5. The van der Waals surface area contributed by atoms with Crippen molar-refractivity contribution in [2.24, 2.45) is 5.92 Å². The van der Waals surface area contributed by atoms with E-state index in [4.69, 9.17) is 5.73 Å². The minimum absolute atomic E-state index is 0.107. The van der Waals surface area contributed by atoms with E-state index in [1.165, 1.54) is 4.57 Å². The molecule has 1 aromatic carbocycles. The van der Waals surface area contributed by atoms with Gasteiger partial charge < -0.3 is 5.73 Å². The van der Waals surface area contributed by atoms with Gasteiger partial charge in [-0.2, -0.15) is 4.68 Å². The predicted octanol–water partition coefficient (Wildman–Crippen LogP) is 1.34. The fourth-order valence-electron chi connectivity index (χ4n) is 3.07. The minimum atomic E-state index is -0.794. The molecular weight excluding hydrogens is 406 g/mol. The summed E-state index contributed by atoms with van der Waals surface area (Å²) in [6.07, 6.45) is 0. The summed E-state index contributed by atoms with van der Waals surface area (Å²) in [5.74, 6) is -0.641. The molecule has 0 radical (unpaired) electrons. The first-order chi connectivity index (χ1) is 14.2. The summed E-state index contributed by atoms with van der Waals surface area (Å²) in [5, 5.41) is 12.1. The van der Waals surface area contributed by atoms with Gasteiger partial charge in [-0.3, -0.25) is 19.1 Å². The van der Waals surface area contributed by atoms with Gasteiger partial charge in [-0.05, 0) is 41.8 Å². The molecule has 2 heterocycles. The van der Waals surface area contributed by atoms with Crippen molar-refractivity contribution in [1.82, 2.24) is 29.8 Å². The molecule has 0 aliphatic carbocycles. The average Bonchev–Trinajstić information content (AvgIpc) is 3.11. The van der Waals surface area contributed by atoms with Gasteiger partial charge in [0, 0.05) is 6.54 Å². The van der Waals surface area contributed by atoms with Crippen molar-refractivity contribution in [3.63, 3.8) is 0 Å². The minimum Gasteiger partial charge on any atom is -0.384 e. The van der Waals surface area contributed by atoms with Crippen LogP contribution < -0.4 is 17.0 Å². The number of carbonyl (C=O) groups is 1. The topological polar surface area (TPSA) is 142 Å². The van der Waals surface area contributed by atoms with Crippen LogP contribution in [-0.4, -0.2) is 41.3 Å². The van der Waals surface area contributed by atoms with Crippen LogP contribution in [0, 0.1) is 19.8 Å². The Balaban J connectivity index is 1.87. The van der Waals surface area contributed by atoms with Crippen LogP contribution >= 0.6 is 11.8 Å². The van der Waals surface area contributed by atoms with Crippen molar-refractivity contribution >= 4 is 23.4 Å². The molecule has 0 fully saturated rings. The third kappa shape index (κ3) is 4.35. The van der Waals surface area contributed by atoms with Crippen molar-refractivity contribution in [2.45, 2.75) is 39.4 Å². The molecule has 0 spiro atoms. The lowest BCUT2D eigenvalue weighted by atomic mass is 10.1. The van der Waals surface area contributed by atoms with Gasteiger partial charge in [-0.25, -0.2) is 4.79 Å². The molecule has 30 heavy (non-hydrogen) atoms. The number of nitrogens with zero attached hydrogens (tertiary/aromatic N) is 5. The van der Waals surface area contributed by atoms with E-state index < -0.39 is 17.0 Å². The molecule has 10 nitrogen and oxygen atoms in total. The maximum Gasteiger partial charge on any atom is 0.329 e. The average molecular weight is 430 g/mol. The van der Waals surface area contributed by atoms with Crippen molar-refractivity contribution < 1.29 is 4.79 Å². The number of H-pyrrole nitrogens is 1. The van der Waals surface area contributed by atoms with Crippen LogP contribution in [0.2, 0.25) is 0 Å². The van der Waals surface area contributed by atoms with Gasteiger partial charge in [0.2, 0.25) is 5.16 Å². The van der Waals surface area contributed by atoms with Crippen LogP contribution in [0.4, 0.5) is 5.82 Å². The third-order valence-electron chi connectivity index (χ3n) is 4.42. The van der Waals surface area contributed by atoms with Gasteiger partial charge in [-0.1, -0.05) is 43.3 Å². The number of aromatic nitrogens is 6. The number of rotatable bonds is 7. The Kier molecular flexibility index (Phi) is 6.20. The van der Waals surface area contributed by atoms with Crippen molar-refractivity contribution in [3.8, 4) is 5.69 Å². The molecule has 0 saturated heterocycles. The first-order valence-corrected chi connectivity index (χ1v) is 10.3. The maximum absolute atomic E-state index is 12.8. The normalized spacial score (nSPS) is 11.2. The molecule has 3 rings (SSSR count). The number of Topliss-reactive ketones (excluding diaryl/α,β-unsaturated/α-hetero) is 1. The number of anilines is 1. The van der Waals surface area contributed by atoms with E-state index in [1.54, 1.807) is 4.68 Å². The zero-order valence-electron chi connectivity index (χ0n) is 17.2. The van der Waals surface area contributed by atoms with Gasteiger partial charge in [0.05, 0.1) is 11.4 Å². The van der Waals surface area contributed by atoms with Crippen LogP contribution in [0.5, 0.6) is 0 Å². The third-order valence-corrected chi connectivity index (χ3v) is 5.34. The summed E-state index contributed by atoms with van der Waals surface area (Å²) in [4.78, 5) is 39.2. The number of benzene rings is 1. The number of ketones is 1. The van der Waals surface area contributed by atoms with Crippen LogP contribution in [0.1, 0.15) is 35.3 Å². The zero-order valence-corrected chi connectivity index (χ0v) is 18.0. The van der Waals surface area contributed by atoms with Gasteiger partial charge in [-0.15, -0.1) is 5.10 Å². The standard InChI is InChI=1S/C19H23N7O3S/c1-10(2)8-25-16(20)15(17(28)21-18(25)29)14(27)9-30-19-22-23-24-26(19)13-6-5-11(3)7-12(13)4/h5-7,10H,8-9,20H2,1-4H3,(H,21,28,29). The van der Waals surface area contributed by atoms with Crippen LogP contribution in [0.25, 0.3) is 5.69 Å². The van der Waals surface area contributed by atoms with E-state index in [1.807, 2.05) is 45.9 Å². The van der Waals surface area contributed by atoms with Crippen LogP contribution in [0.3, 0.4) is 0 Å². The second-order valence-corrected chi connectivity index (χ2v) is 8.34. The summed E-state index contributed by atoms with van der Waals surface area (Å²) >= 11 is 1.09. The molecule has 3 N–H and O–H groups in total. The van der Waals surface area contributed by atoms with Gasteiger partial charge >= 0.3 is 5.69 Å². The Hall–Kier alpha value is -3.21. The quantitative estimate of drug-likeness (QED) is 0.423. The van der Waals surface area contributed by atoms with Crippen LogP contribution in [0.15, 0.2) is 32.9 Å². The van der Waals surface area contributed by atoms with Crippen molar-refractivity contribution in [3.05, 3.63) is 55.7 Å². The smallest absolute Gasteiger partial charge is 0.329 e. The van der Waals surface area contributed by atoms with Crippen molar-refractivity contribution in [1.29, 1.82) is 0 Å². The lowest BCUT2D eigenvalue weighted by Gasteiger charge is -2.13. The lowest BCUT2D eigenvalue weighted by molar-refractivity contribution is 0.102. The Labute approximate surface area is 176 Å². The second kappa shape index (κ2) is 8.66. The summed E-state index contributed by atoms with van der Waals surface area (Å²) in [6, 6.07) is 5.86. The van der Waals surface area contributed by atoms with Crippen LogP contribution in [-0.2, 0) is 6.54 Å². The Morgan fingerprint density at radius 2 is 2.00 bits per heavy atom. The maximum atomic E-state index is 12.8. The molecule has 2 aromatic heterocycles. The van der Waals surface area contributed by atoms with E-state index in [2.05, 4.69) is 20.5 Å². The fraction of sp³-hybridized carbons (Fsp3) is 0.368. The zero-order chi connectivity index (χ0) is 22.0. The number of hydrogen-bond donors (Lipinski definition) is 2. The van der Waals surface area contributed by atoms with E-state index in [-0.39, 0.29) is 23.1 Å². The predicted molar refractivity (Wildman–Crippen MR) is 114 cm³/mol. The summed E-state index contributed by atoms with van der Waals surface area (Å²) in [5.41, 5.74) is 7.24. The van der Waals surface area contributed by atoms with Crippen molar-refractivity contribution in [2.75, 3.05) is 11.5 Å². The van der Waals surface area contributed by atoms with Gasteiger partial charge in [0.15, 0.2) is 5.78 Å². The number of carbonyl (C=O) groups excluding carboxylic acids is 1.